The Morgan fingerprint density at radius 2 is 2.04 bits per heavy atom. The number of esters is 1. The molecule has 3 heterocycles. The van der Waals surface area contributed by atoms with Gasteiger partial charge in [-0.1, -0.05) is 0 Å². The van der Waals surface area contributed by atoms with Gasteiger partial charge in [-0.05, 0) is 45.7 Å². The van der Waals surface area contributed by atoms with Gasteiger partial charge >= 0.3 is 5.97 Å². The number of piperidine rings is 1. The molecule has 2 amide bonds. The smallest absolute Gasteiger partial charge is 0.340 e. The molecule has 1 unspecified atom stereocenters. The number of ether oxygens (including phenoxy) is 1. The summed E-state index contributed by atoms with van der Waals surface area (Å²) >= 11 is 0. The van der Waals surface area contributed by atoms with E-state index in [9.17, 15) is 14.4 Å². The molecule has 1 N–H and O–H groups in total. The molecule has 2 aliphatic rings. The molecule has 7 nitrogen and oxygen atoms in total. The van der Waals surface area contributed by atoms with Gasteiger partial charge in [0.2, 0.25) is 11.8 Å². The molecule has 7 heteroatoms. The molecule has 1 spiro atoms. The third kappa shape index (κ3) is 3.65. The van der Waals surface area contributed by atoms with Crippen LogP contribution in [0, 0.1) is 5.41 Å². The van der Waals surface area contributed by atoms with Crippen molar-refractivity contribution in [2.75, 3.05) is 18.0 Å². The average Bonchev–Trinajstić information content (AvgIpc) is 2.96. The number of imide groups is 1. The van der Waals surface area contributed by atoms with Gasteiger partial charge in [-0.25, -0.2) is 9.78 Å². The van der Waals surface area contributed by atoms with E-state index in [-0.39, 0.29) is 11.8 Å². The summed E-state index contributed by atoms with van der Waals surface area (Å²) in [5.41, 5.74) is -0.670. The van der Waals surface area contributed by atoms with Crippen molar-refractivity contribution in [2.24, 2.45) is 5.41 Å². The van der Waals surface area contributed by atoms with Crippen molar-refractivity contribution in [1.82, 2.24) is 10.3 Å². The molecule has 1 atom stereocenters. The summed E-state index contributed by atoms with van der Waals surface area (Å²) in [5, 5.41) is 2.44. The average molecular weight is 345 g/mol. The first-order chi connectivity index (χ1) is 11.7. The van der Waals surface area contributed by atoms with Crippen molar-refractivity contribution in [1.29, 1.82) is 0 Å². The number of anilines is 1. The number of nitrogens with zero attached hydrogens (tertiary/aromatic N) is 2. The van der Waals surface area contributed by atoms with Crippen LogP contribution in [0.25, 0.3) is 0 Å². The van der Waals surface area contributed by atoms with Crippen LogP contribution in [-0.2, 0) is 14.3 Å². The van der Waals surface area contributed by atoms with E-state index < -0.39 is 17.0 Å². The second-order valence-electron chi connectivity index (χ2n) is 7.74. The number of pyridine rings is 1. The molecule has 0 saturated carbocycles. The van der Waals surface area contributed by atoms with Gasteiger partial charge in [0.15, 0.2) is 0 Å². The van der Waals surface area contributed by atoms with E-state index in [4.69, 9.17) is 4.74 Å². The number of nitrogens with one attached hydrogen (secondary N) is 1. The Bertz CT molecular complexity index is 708. The standard InChI is InChI=1S/C18H23N3O4/c1-17(2,3)25-15(23)12-4-5-13(19-10-12)21-9-8-18(11-21)7-6-14(22)20-16(18)24/h4-5,10H,6-9,11H2,1-3H3,(H,20,22,24). The lowest BCUT2D eigenvalue weighted by Crippen LogP contribution is -2.50. The zero-order valence-electron chi connectivity index (χ0n) is 14.8. The van der Waals surface area contributed by atoms with Crippen LogP contribution < -0.4 is 10.2 Å². The van der Waals surface area contributed by atoms with E-state index in [2.05, 4.69) is 10.3 Å². The first-order valence-corrected chi connectivity index (χ1v) is 8.47. The van der Waals surface area contributed by atoms with Crippen molar-refractivity contribution in [3.63, 3.8) is 0 Å². The van der Waals surface area contributed by atoms with E-state index in [1.54, 1.807) is 12.1 Å². The predicted molar refractivity (Wildman–Crippen MR) is 91.1 cm³/mol. The molecule has 2 fully saturated rings. The zero-order valence-corrected chi connectivity index (χ0v) is 14.8. The molecule has 25 heavy (non-hydrogen) atoms. The lowest BCUT2D eigenvalue weighted by Gasteiger charge is -2.31. The third-order valence-electron chi connectivity index (χ3n) is 4.63. The molecular formula is C18H23N3O4. The van der Waals surface area contributed by atoms with Crippen molar-refractivity contribution in [3.05, 3.63) is 23.9 Å². The number of hydrogen-bond donors (Lipinski definition) is 1. The van der Waals surface area contributed by atoms with Crippen molar-refractivity contribution in [3.8, 4) is 0 Å². The fourth-order valence-corrected chi connectivity index (χ4v) is 3.28. The predicted octanol–water partition coefficient (Wildman–Crippen LogP) is 1.67. The molecule has 2 aliphatic heterocycles. The van der Waals surface area contributed by atoms with Gasteiger partial charge in [0.25, 0.3) is 0 Å². The van der Waals surface area contributed by atoms with Gasteiger partial charge in [-0.3, -0.25) is 14.9 Å². The summed E-state index contributed by atoms with van der Waals surface area (Å²) in [4.78, 5) is 42.0. The van der Waals surface area contributed by atoms with Crippen molar-refractivity contribution < 1.29 is 19.1 Å². The van der Waals surface area contributed by atoms with E-state index in [0.29, 0.717) is 43.7 Å². The molecule has 1 aromatic rings. The van der Waals surface area contributed by atoms with Crippen LogP contribution in [0.5, 0.6) is 0 Å². The van der Waals surface area contributed by atoms with Crippen LogP contribution in [0.1, 0.15) is 50.4 Å². The SMILES string of the molecule is CC(C)(C)OC(=O)c1ccc(N2CCC3(CCC(=O)NC3=O)C2)nc1. The highest BCUT2D eigenvalue weighted by Crippen LogP contribution is 2.39. The van der Waals surface area contributed by atoms with Crippen LogP contribution in [0.15, 0.2) is 18.3 Å². The van der Waals surface area contributed by atoms with Gasteiger partial charge in [-0.2, -0.15) is 0 Å². The quantitative estimate of drug-likeness (QED) is 0.648. The Morgan fingerprint density at radius 1 is 1.28 bits per heavy atom. The molecule has 0 radical (unpaired) electrons. The van der Waals surface area contributed by atoms with Crippen LogP contribution in [-0.4, -0.2) is 41.5 Å². The Balaban J connectivity index is 1.69. The third-order valence-corrected chi connectivity index (χ3v) is 4.63. The van der Waals surface area contributed by atoms with Gasteiger partial charge in [0, 0.05) is 25.7 Å². The van der Waals surface area contributed by atoms with Crippen LogP contribution in [0.4, 0.5) is 5.82 Å². The lowest BCUT2D eigenvalue weighted by molar-refractivity contribution is -0.140. The maximum Gasteiger partial charge on any atom is 0.340 e. The summed E-state index contributed by atoms with van der Waals surface area (Å²) in [7, 11) is 0. The number of rotatable bonds is 2. The summed E-state index contributed by atoms with van der Waals surface area (Å²) in [6, 6.07) is 3.45. The first-order valence-electron chi connectivity index (χ1n) is 8.47. The van der Waals surface area contributed by atoms with Crippen LogP contribution in [0.3, 0.4) is 0 Å². The highest BCUT2D eigenvalue weighted by atomic mass is 16.6. The van der Waals surface area contributed by atoms with Gasteiger partial charge < -0.3 is 9.64 Å². The fourth-order valence-electron chi connectivity index (χ4n) is 3.28. The minimum Gasteiger partial charge on any atom is -0.456 e. The zero-order chi connectivity index (χ0) is 18.2. The molecular weight excluding hydrogens is 322 g/mol. The van der Waals surface area contributed by atoms with E-state index in [1.165, 1.54) is 6.20 Å². The highest BCUT2D eigenvalue weighted by molar-refractivity contribution is 6.01. The maximum atomic E-state index is 12.2. The summed E-state index contributed by atoms with van der Waals surface area (Å²) in [6.07, 6.45) is 3.15. The molecule has 0 aromatic carbocycles. The Hall–Kier alpha value is -2.44. The Labute approximate surface area is 146 Å². The second kappa shape index (κ2) is 6.13. The summed E-state index contributed by atoms with van der Waals surface area (Å²) in [6.45, 7) is 6.67. The fraction of sp³-hybridized carbons (Fsp3) is 0.556. The van der Waals surface area contributed by atoms with E-state index in [0.717, 1.165) is 0 Å². The number of aromatic nitrogens is 1. The number of hydrogen-bond acceptors (Lipinski definition) is 6. The van der Waals surface area contributed by atoms with Crippen LogP contribution >= 0.6 is 0 Å². The van der Waals surface area contributed by atoms with Crippen molar-refractivity contribution >= 4 is 23.6 Å². The normalized spacial score (nSPS) is 23.7. The van der Waals surface area contributed by atoms with E-state index >= 15 is 0 Å². The number of carbonyl (C=O) groups is 3. The van der Waals surface area contributed by atoms with E-state index in [1.807, 2.05) is 25.7 Å². The monoisotopic (exact) mass is 345 g/mol. The number of carbonyl (C=O) groups excluding carboxylic acids is 3. The molecule has 1 aromatic heterocycles. The van der Waals surface area contributed by atoms with Gasteiger partial charge in [-0.15, -0.1) is 0 Å². The Kier molecular flexibility index (Phi) is 4.26. The topological polar surface area (TPSA) is 88.6 Å². The molecule has 134 valence electrons. The largest absolute Gasteiger partial charge is 0.456 e. The lowest BCUT2D eigenvalue weighted by atomic mass is 9.79. The highest BCUT2D eigenvalue weighted by Gasteiger charge is 2.47. The molecule has 0 bridgehead atoms. The van der Waals surface area contributed by atoms with Crippen LogP contribution in [0.2, 0.25) is 0 Å². The maximum absolute atomic E-state index is 12.2. The summed E-state index contributed by atoms with van der Waals surface area (Å²) in [5.74, 6) is -0.0750. The molecule has 0 aliphatic carbocycles. The second-order valence-corrected chi connectivity index (χ2v) is 7.74. The summed E-state index contributed by atoms with van der Waals surface area (Å²) < 4.78 is 5.33. The minimum atomic E-state index is -0.553. The number of amides is 2. The first kappa shape index (κ1) is 17.4. The minimum absolute atomic E-state index is 0.184. The van der Waals surface area contributed by atoms with Crippen molar-refractivity contribution in [2.45, 2.75) is 45.6 Å². The van der Waals surface area contributed by atoms with Gasteiger partial charge in [0.05, 0.1) is 11.0 Å². The Morgan fingerprint density at radius 3 is 2.64 bits per heavy atom. The van der Waals surface area contributed by atoms with Gasteiger partial charge in [0.1, 0.15) is 11.4 Å². The molecule has 2 saturated heterocycles. The molecule has 3 rings (SSSR count).